The molecule has 0 saturated heterocycles. The normalized spacial score (nSPS) is 11.6. The van der Waals surface area contributed by atoms with Gasteiger partial charge in [0.2, 0.25) is 11.0 Å². The molecular formula is C30H27BF4N2O2. The Morgan fingerprint density at radius 3 is 2.05 bits per heavy atom. The fourth-order valence-electron chi connectivity index (χ4n) is 3.93. The molecule has 1 aromatic heterocycles. The van der Waals surface area contributed by atoms with Gasteiger partial charge in [0.05, 0.1) is 18.6 Å². The van der Waals surface area contributed by atoms with E-state index in [1.54, 1.807) is 7.11 Å². The highest BCUT2D eigenvalue weighted by Gasteiger charge is 2.20. The molecule has 0 bridgehead atoms. The second-order valence-electron chi connectivity index (χ2n) is 8.63. The zero-order valence-corrected chi connectivity index (χ0v) is 21.4. The summed E-state index contributed by atoms with van der Waals surface area (Å²) in [5.74, 6) is 1.61. The number of nitrogens with one attached hydrogen (secondary N) is 2. The lowest BCUT2D eigenvalue weighted by molar-refractivity contribution is -0.400. The maximum absolute atomic E-state index is 9.75. The SMILES string of the molecule is CCc1ccc2oc(-c3ccc(OC)cc3)cc(=[NH+]c3ccc(Nc4ccccc4)cc3)c2c1.F[B-](F)(F)F. The van der Waals surface area contributed by atoms with Crippen LogP contribution in [0.5, 0.6) is 5.75 Å². The van der Waals surface area contributed by atoms with Crippen LogP contribution in [0.2, 0.25) is 0 Å². The van der Waals surface area contributed by atoms with Crippen molar-refractivity contribution in [1.82, 2.24) is 0 Å². The summed E-state index contributed by atoms with van der Waals surface area (Å²) < 4.78 is 50.6. The van der Waals surface area contributed by atoms with E-state index in [1.165, 1.54) is 5.56 Å². The van der Waals surface area contributed by atoms with E-state index in [4.69, 9.17) is 9.15 Å². The van der Waals surface area contributed by atoms with Gasteiger partial charge in [-0.25, -0.2) is 4.99 Å². The minimum atomic E-state index is -6.00. The summed E-state index contributed by atoms with van der Waals surface area (Å²) in [6.45, 7) is 2.16. The van der Waals surface area contributed by atoms with Crippen LogP contribution >= 0.6 is 0 Å². The Morgan fingerprint density at radius 2 is 1.44 bits per heavy atom. The highest BCUT2D eigenvalue weighted by atomic mass is 19.5. The summed E-state index contributed by atoms with van der Waals surface area (Å²) in [5.41, 5.74) is 6.22. The molecular weight excluding hydrogens is 507 g/mol. The summed E-state index contributed by atoms with van der Waals surface area (Å²) in [6, 6.07) is 34.8. The number of anilines is 2. The Balaban J connectivity index is 0.000000648. The van der Waals surface area contributed by atoms with Gasteiger partial charge in [-0.3, -0.25) is 0 Å². The number of hydrogen-bond acceptors (Lipinski definition) is 3. The Kier molecular flexibility index (Phi) is 8.71. The maximum Gasteiger partial charge on any atom is 0.673 e. The number of halogens is 4. The third kappa shape index (κ3) is 7.98. The molecule has 0 aliphatic rings. The van der Waals surface area contributed by atoms with Crippen LogP contribution in [0.25, 0.3) is 22.3 Å². The molecule has 0 saturated carbocycles. The van der Waals surface area contributed by atoms with E-state index in [-0.39, 0.29) is 0 Å². The highest BCUT2D eigenvalue weighted by molar-refractivity contribution is 6.50. The van der Waals surface area contributed by atoms with E-state index in [1.807, 2.05) is 42.5 Å². The van der Waals surface area contributed by atoms with Crippen LogP contribution < -0.4 is 20.4 Å². The molecule has 1 heterocycles. The van der Waals surface area contributed by atoms with Crippen LogP contribution in [-0.4, -0.2) is 14.4 Å². The summed E-state index contributed by atoms with van der Waals surface area (Å²) in [7, 11) is -4.33. The number of fused-ring (bicyclic) bond motifs is 1. The first-order valence-corrected chi connectivity index (χ1v) is 12.3. The molecule has 0 aliphatic heterocycles. The lowest BCUT2D eigenvalue weighted by Gasteiger charge is -2.06. The van der Waals surface area contributed by atoms with Crippen LogP contribution in [-0.2, 0) is 6.42 Å². The molecule has 200 valence electrons. The fraction of sp³-hybridized carbons (Fsp3) is 0.100. The van der Waals surface area contributed by atoms with E-state index < -0.39 is 7.25 Å². The number of para-hydroxylation sites is 1. The molecule has 0 spiro atoms. The Bertz CT molecular complexity index is 1580. The van der Waals surface area contributed by atoms with Crippen LogP contribution in [0.4, 0.5) is 34.3 Å². The Hall–Kier alpha value is -4.53. The molecule has 0 aliphatic carbocycles. The van der Waals surface area contributed by atoms with Crippen LogP contribution in [0, 0.1) is 0 Å². The van der Waals surface area contributed by atoms with Gasteiger partial charge in [0.25, 0.3) is 0 Å². The van der Waals surface area contributed by atoms with Crippen molar-refractivity contribution in [3.05, 3.63) is 114 Å². The molecule has 9 heteroatoms. The van der Waals surface area contributed by atoms with Crippen molar-refractivity contribution in [2.24, 2.45) is 0 Å². The van der Waals surface area contributed by atoms with Crippen LogP contribution in [0.1, 0.15) is 12.5 Å². The van der Waals surface area contributed by atoms with Gasteiger partial charge in [-0.05, 0) is 72.6 Å². The molecule has 0 amide bonds. The molecule has 0 radical (unpaired) electrons. The number of ether oxygens (including phenoxy) is 1. The Labute approximate surface area is 223 Å². The first kappa shape index (κ1) is 27.5. The van der Waals surface area contributed by atoms with Crippen molar-refractivity contribution in [1.29, 1.82) is 0 Å². The number of aryl methyl sites for hydroxylation is 1. The quantitative estimate of drug-likeness (QED) is 0.182. The monoisotopic (exact) mass is 534 g/mol. The van der Waals surface area contributed by atoms with Gasteiger partial charge in [-0.15, -0.1) is 0 Å². The minimum absolute atomic E-state index is 0.796. The van der Waals surface area contributed by atoms with Gasteiger partial charge in [-0.1, -0.05) is 31.2 Å². The van der Waals surface area contributed by atoms with Crippen molar-refractivity contribution < 1.29 is 31.4 Å². The van der Waals surface area contributed by atoms with Crippen molar-refractivity contribution >= 4 is 35.3 Å². The molecule has 4 nitrogen and oxygen atoms in total. The summed E-state index contributed by atoms with van der Waals surface area (Å²) in [4.78, 5) is 3.61. The van der Waals surface area contributed by atoms with Crippen molar-refractivity contribution in [3.8, 4) is 17.1 Å². The second-order valence-corrected chi connectivity index (χ2v) is 8.63. The maximum atomic E-state index is 9.75. The van der Waals surface area contributed by atoms with E-state index >= 15 is 0 Å². The lowest BCUT2D eigenvalue weighted by Crippen LogP contribution is -2.70. The topological polar surface area (TPSA) is 48.4 Å². The number of rotatable bonds is 6. The van der Waals surface area contributed by atoms with Crippen LogP contribution in [0.3, 0.4) is 0 Å². The molecule has 0 atom stereocenters. The van der Waals surface area contributed by atoms with Gasteiger partial charge < -0.3 is 31.7 Å². The van der Waals surface area contributed by atoms with E-state index in [9.17, 15) is 17.3 Å². The molecule has 0 fully saturated rings. The summed E-state index contributed by atoms with van der Waals surface area (Å²) in [5, 5.41) is 5.49. The number of hydrogen-bond donors (Lipinski definition) is 2. The third-order valence-electron chi connectivity index (χ3n) is 5.84. The van der Waals surface area contributed by atoms with Crippen molar-refractivity contribution in [2.75, 3.05) is 12.4 Å². The van der Waals surface area contributed by atoms with E-state index in [0.717, 1.165) is 56.9 Å². The molecule has 5 aromatic rings. The van der Waals surface area contributed by atoms with E-state index in [2.05, 4.69) is 77.9 Å². The smallest absolute Gasteiger partial charge is 0.497 e. The van der Waals surface area contributed by atoms with E-state index in [0.29, 0.717) is 0 Å². The first-order valence-electron chi connectivity index (χ1n) is 12.3. The zero-order valence-electron chi connectivity index (χ0n) is 21.4. The molecule has 39 heavy (non-hydrogen) atoms. The number of methoxy groups -OCH3 is 1. The molecule has 5 rings (SSSR count). The molecule has 0 unspecified atom stereocenters. The molecule has 4 aromatic carbocycles. The predicted molar refractivity (Wildman–Crippen MR) is 148 cm³/mol. The third-order valence-corrected chi connectivity index (χ3v) is 5.84. The van der Waals surface area contributed by atoms with Gasteiger partial charge >= 0.3 is 7.25 Å². The standard InChI is InChI=1S/C30H26N2O2.BF4/c1-3-21-9-18-29-27(19-21)28(20-30(34-29)22-10-16-26(33-2)17-11-22)32-25-14-12-24(13-15-25)31-23-7-5-4-6-8-23;2-1(3,4)5/h4-20,31H,3H2,1-2H3;/q;-1/p+1. The van der Waals surface area contributed by atoms with Gasteiger partial charge in [0, 0.05) is 29.1 Å². The highest BCUT2D eigenvalue weighted by Crippen LogP contribution is 2.25. The fourth-order valence-corrected chi connectivity index (χ4v) is 3.93. The van der Waals surface area contributed by atoms with Crippen LogP contribution in [0.15, 0.2) is 108 Å². The largest absolute Gasteiger partial charge is 0.673 e. The van der Waals surface area contributed by atoms with Crippen molar-refractivity contribution in [3.63, 3.8) is 0 Å². The predicted octanol–water partition coefficient (Wildman–Crippen LogP) is 7.03. The zero-order chi connectivity index (χ0) is 27.8. The number of benzene rings is 4. The average molecular weight is 534 g/mol. The second kappa shape index (κ2) is 12.3. The molecule has 2 N–H and O–H groups in total. The lowest BCUT2D eigenvalue weighted by atomic mass is 10.1. The van der Waals surface area contributed by atoms with Gasteiger partial charge in [-0.2, -0.15) is 0 Å². The summed E-state index contributed by atoms with van der Waals surface area (Å²) in [6.07, 6.45) is 0.968. The van der Waals surface area contributed by atoms with Gasteiger partial charge in [0.15, 0.2) is 0 Å². The first-order chi connectivity index (χ1) is 18.7. The Morgan fingerprint density at radius 1 is 0.795 bits per heavy atom. The van der Waals surface area contributed by atoms with Gasteiger partial charge in [0.1, 0.15) is 17.1 Å². The average Bonchev–Trinajstić information content (AvgIpc) is 2.93. The minimum Gasteiger partial charge on any atom is -0.497 e. The summed E-state index contributed by atoms with van der Waals surface area (Å²) >= 11 is 0. The van der Waals surface area contributed by atoms with Crippen molar-refractivity contribution in [2.45, 2.75) is 13.3 Å².